The van der Waals surface area contributed by atoms with Gasteiger partial charge in [0.15, 0.2) is 0 Å². The molecule has 1 atom stereocenters. The Labute approximate surface area is 174 Å². The Morgan fingerprint density at radius 2 is 1.79 bits per heavy atom. The van der Waals surface area contributed by atoms with Crippen molar-refractivity contribution in [1.82, 2.24) is 9.62 Å². The van der Waals surface area contributed by atoms with Crippen LogP contribution in [0, 0.1) is 13.8 Å². The first-order valence-corrected chi connectivity index (χ1v) is 11.7. The third kappa shape index (κ3) is 4.87. The van der Waals surface area contributed by atoms with Crippen LogP contribution < -0.4 is 5.32 Å². The first-order valence-electron chi connectivity index (χ1n) is 10.3. The van der Waals surface area contributed by atoms with E-state index in [2.05, 4.69) is 17.4 Å². The number of carbonyl (C=O) groups is 1. The largest absolute Gasteiger partial charge is 0.345 e. The Bertz CT molecular complexity index is 979. The highest BCUT2D eigenvalue weighted by Gasteiger charge is 2.26. The maximum atomic E-state index is 12.9. The van der Waals surface area contributed by atoms with Gasteiger partial charge in [-0.25, -0.2) is 8.42 Å². The van der Waals surface area contributed by atoms with E-state index in [0.717, 1.165) is 36.8 Å². The normalized spacial score (nSPS) is 16.4. The highest BCUT2D eigenvalue weighted by Crippen LogP contribution is 2.24. The zero-order valence-corrected chi connectivity index (χ0v) is 18.3. The molecule has 0 radical (unpaired) electrons. The van der Waals surface area contributed by atoms with Crippen LogP contribution in [0.2, 0.25) is 0 Å². The van der Waals surface area contributed by atoms with E-state index in [9.17, 15) is 13.2 Å². The number of sulfonamides is 1. The molecule has 1 aliphatic heterocycles. The minimum Gasteiger partial charge on any atom is -0.345 e. The number of amides is 1. The molecule has 1 unspecified atom stereocenters. The van der Waals surface area contributed by atoms with E-state index >= 15 is 0 Å². The molecule has 0 spiro atoms. The number of carbonyl (C=O) groups excluding carboxylic acids is 1. The molecule has 2 aromatic carbocycles. The van der Waals surface area contributed by atoms with Crippen LogP contribution in [0.3, 0.4) is 0 Å². The van der Waals surface area contributed by atoms with Gasteiger partial charge < -0.3 is 5.32 Å². The maximum Gasteiger partial charge on any atom is 0.251 e. The second kappa shape index (κ2) is 9.09. The third-order valence-corrected chi connectivity index (χ3v) is 7.46. The van der Waals surface area contributed by atoms with Crippen LogP contribution in [0.1, 0.15) is 65.7 Å². The van der Waals surface area contributed by atoms with Gasteiger partial charge in [-0.15, -0.1) is 0 Å². The highest BCUT2D eigenvalue weighted by atomic mass is 32.2. The van der Waals surface area contributed by atoms with Gasteiger partial charge in [0.1, 0.15) is 0 Å². The van der Waals surface area contributed by atoms with Crippen molar-refractivity contribution < 1.29 is 13.2 Å². The average molecular weight is 415 g/mol. The molecule has 2 aromatic rings. The van der Waals surface area contributed by atoms with Gasteiger partial charge in [-0.05, 0) is 62.4 Å². The zero-order chi connectivity index (χ0) is 21.0. The fourth-order valence-electron chi connectivity index (χ4n) is 3.91. The van der Waals surface area contributed by atoms with Gasteiger partial charge in [-0.2, -0.15) is 4.31 Å². The molecular formula is C23H30N2O3S. The van der Waals surface area contributed by atoms with Crippen LogP contribution in [0.5, 0.6) is 0 Å². The molecule has 0 aliphatic carbocycles. The van der Waals surface area contributed by atoms with E-state index in [1.165, 1.54) is 15.9 Å². The Morgan fingerprint density at radius 3 is 2.45 bits per heavy atom. The molecule has 1 aliphatic rings. The van der Waals surface area contributed by atoms with Crippen molar-refractivity contribution >= 4 is 15.9 Å². The Hall–Kier alpha value is -2.18. The first kappa shape index (κ1) is 21.5. The lowest BCUT2D eigenvalue weighted by molar-refractivity contribution is 0.0935. The third-order valence-electron chi connectivity index (χ3n) is 5.56. The van der Waals surface area contributed by atoms with Gasteiger partial charge in [0.25, 0.3) is 5.91 Å². The van der Waals surface area contributed by atoms with Crippen molar-refractivity contribution in [3.63, 3.8) is 0 Å². The Balaban J connectivity index is 1.81. The summed E-state index contributed by atoms with van der Waals surface area (Å²) in [6.45, 7) is 7.21. The minimum absolute atomic E-state index is 0.120. The molecule has 0 bridgehead atoms. The average Bonchev–Trinajstić information content (AvgIpc) is 2.73. The lowest BCUT2D eigenvalue weighted by atomic mass is 9.97. The van der Waals surface area contributed by atoms with Crippen molar-refractivity contribution in [2.75, 3.05) is 13.1 Å². The Kier molecular flexibility index (Phi) is 6.75. The molecule has 1 N–H and O–H groups in total. The predicted molar refractivity (Wildman–Crippen MR) is 115 cm³/mol. The molecule has 3 rings (SSSR count). The smallest absolute Gasteiger partial charge is 0.251 e. The summed E-state index contributed by atoms with van der Waals surface area (Å²) in [5, 5.41) is 3.07. The lowest BCUT2D eigenvalue weighted by Gasteiger charge is -2.26. The van der Waals surface area contributed by atoms with Gasteiger partial charge >= 0.3 is 0 Å². The summed E-state index contributed by atoms with van der Waals surface area (Å²) in [6.07, 6.45) is 3.58. The minimum atomic E-state index is -3.56. The molecule has 0 aromatic heterocycles. The number of rotatable bonds is 6. The first-order chi connectivity index (χ1) is 13.8. The van der Waals surface area contributed by atoms with E-state index in [-0.39, 0.29) is 16.8 Å². The number of benzene rings is 2. The fourth-order valence-corrected chi connectivity index (χ4v) is 5.47. The van der Waals surface area contributed by atoms with Gasteiger partial charge in [0, 0.05) is 18.7 Å². The van der Waals surface area contributed by atoms with Crippen LogP contribution in [0.15, 0.2) is 47.4 Å². The highest BCUT2D eigenvalue weighted by molar-refractivity contribution is 7.89. The van der Waals surface area contributed by atoms with Crippen LogP contribution in [-0.2, 0) is 10.0 Å². The van der Waals surface area contributed by atoms with Crippen LogP contribution in [-0.4, -0.2) is 31.7 Å². The zero-order valence-electron chi connectivity index (χ0n) is 17.4. The predicted octanol–water partition coefficient (Wildman–Crippen LogP) is 4.36. The molecule has 1 amide bonds. The molecule has 29 heavy (non-hydrogen) atoms. The fraction of sp³-hybridized carbons (Fsp3) is 0.435. The van der Waals surface area contributed by atoms with Crippen LogP contribution in [0.4, 0.5) is 0 Å². The van der Waals surface area contributed by atoms with Gasteiger partial charge in [-0.1, -0.05) is 43.2 Å². The standard InChI is InChI=1S/C23H30N2O3S/c1-4-22(21-12-11-17(2)15-18(21)3)24-23(26)19-9-8-10-20(16-19)29(27,28)25-13-6-5-7-14-25/h8-12,15-16,22H,4-7,13-14H2,1-3H3,(H,24,26). The molecule has 1 saturated heterocycles. The number of nitrogens with zero attached hydrogens (tertiary/aromatic N) is 1. The SMILES string of the molecule is CCC(NC(=O)c1cccc(S(=O)(=O)N2CCCCC2)c1)c1ccc(C)cc1C. The van der Waals surface area contributed by atoms with Gasteiger partial charge in [-0.3, -0.25) is 4.79 Å². The maximum absolute atomic E-state index is 12.9. The summed E-state index contributed by atoms with van der Waals surface area (Å²) in [4.78, 5) is 13.1. The van der Waals surface area contributed by atoms with E-state index in [1.807, 2.05) is 26.8 Å². The molecule has 6 heteroatoms. The molecule has 5 nitrogen and oxygen atoms in total. The monoisotopic (exact) mass is 414 g/mol. The Morgan fingerprint density at radius 1 is 1.07 bits per heavy atom. The summed E-state index contributed by atoms with van der Waals surface area (Å²) < 4.78 is 27.4. The molecular weight excluding hydrogens is 384 g/mol. The van der Waals surface area contributed by atoms with Gasteiger partial charge in [0.2, 0.25) is 10.0 Å². The van der Waals surface area contributed by atoms with Crippen molar-refractivity contribution in [2.45, 2.75) is 57.4 Å². The summed E-state index contributed by atoms with van der Waals surface area (Å²) in [5.74, 6) is -0.257. The number of hydrogen-bond acceptors (Lipinski definition) is 3. The van der Waals surface area contributed by atoms with Crippen molar-refractivity contribution in [2.24, 2.45) is 0 Å². The molecule has 1 fully saturated rings. The van der Waals surface area contributed by atoms with Crippen LogP contribution >= 0.6 is 0 Å². The van der Waals surface area contributed by atoms with Crippen molar-refractivity contribution in [3.05, 3.63) is 64.7 Å². The second-order valence-electron chi connectivity index (χ2n) is 7.79. The van der Waals surface area contributed by atoms with Gasteiger partial charge in [0.05, 0.1) is 10.9 Å². The van der Waals surface area contributed by atoms with Crippen molar-refractivity contribution in [3.8, 4) is 0 Å². The number of aryl methyl sites for hydroxylation is 2. The summed E-state index contributed by atoms with van der Waals surface area (Å²) in [6, 6.07) is 12.5. The second-order valence-corrected chi connectivity index (χ2v) is 9.72. The van der Waals surface area contributed by atoms with E-state index < -0.39 is 10.0 Å². The van der Waals surface area contributed by atoms with E-state index in [4.69, 9.17) is 0 Å². The summed E-state index contributed by atoms with van der Waals surface area (Å²) >= 11 is 0. The lowest BCUT2D eigenvalue weighted by Crippen LogP contribution is -2.35. The number of nitrogens with one attached hydrogen (secondary N) is 1. The van der Waals surface area contributed by atoms with Crippen molar-refractivity contribution in [1.29, 1.82) is 0 Å². The van der Waals surface area contributed by atoms with E-state index in [0.29, 0.717) is 18.7 Å². The molecule has 156 valence electrons. The summed E-state index contributed by atoms with van der Waals surface area (Å²) in [5.41, 5.74) is 3.77. The number of piperidine rings is 1. The number of hydrogen-bond donors (Lipinski definition) is 1. The quantitative estimate of drug-likeness (QED) is 0.764. The molecule has 1 heterocycles. The topological polar surface area (TPSA) is 66.5 Å². The van der Waals surface area contributed by atoms with Crippen LogP contribution in [0.25, 0.3) is 0 Å². The summed E-state index contributed by atoms with van der Waals surface area (Å²) in [7, 11) is -3.56. The molecule has 0 saturated carbocycles. The van der Waals surface area contributed by atoms with E-state index in [1.54, 1.807) is 18.2 Å².